The van der Waals surface area contributed by atoms with Crippen LogP contribution in [0.4, 0.5) is 52.7 Å². The third kappa shape index (κ3) is 3.25. The van der Waals surface area contributed by atoms with Gasteiger partial charge in [0, 0.05) is 11.1 Å². The number of hydrogen-bond acceptors (Lipinski definition) is 2. The van der Waals surface area contributed by atoms with E-state index >= 15 is 0 Å². The number of hydrogen-bond donors (Lipinski definition) is 2. The zero-order valence-corrected chi connectivity index (χ0v) is 13.9. The van der Waals surface area contributed by atoms with Gasteiger partial charge in [0.1, 0.15) is 0 Å². The summed E-state index contributed by atoms with van der Waals surface area (Å²) < 4.78 is 158. The van der Waals surface area contributed by atoms with Crippen molar-refractivity contribution in [2.24, 2.45) is 0 Å². The summed E-state index contributed by atoms with van der Waals surface area (Å²) >= 11 is 0. The summed E-state index contributed by atoms with van der Waals surface area (Å²) in [6.07, 6.45) is -25.8. The molecule has 0 fully saturated rings. The molecule has 168 valence electrons. The molecule has 2 aromatic carbocycles. The Morgan fingerprint density at radius 2 is 0.667 bits per heavy atom. The number of aliphatic hydroxyl groups is 2. The fraction of sp³-hybridized carbons (Fsp3) is 0.375. The summed E-state index contributed by atoms with van der Waals surface area (Å²) in [7, 11) is 0. The minimum absolute atomic E-state index is 0.0489. The molecule has 0 amide bonds. The molecule has 2 N–H and O–H groups in total. The highest BCUT2D eigenvalue weighted by molar-refractivity contribution is 5.90. The van der Waals surface area contributed by atoms with Gasteiger partial charge < -0.3 is 10.2 Å². The zero-order chi connectivity index (χ0) is 23.6. The van der Waals surface area contributed by atoms with Crippen LogP contribution in [0.1, 0.15) is 11.1 Å². The van der Waals surface area contributed by atoms with Crippen LogP contribution in [0, 0.1) is 0 Å². The monoisotopic (exact) mass is 460 g/mol. The second-order valence-corrected chi connectivity index (χ2v) is 6.12. The molecular weight excluding hydrogens is 452 g/mol. The lowest BCUT2D eigenvalue weighted by Gasteiger charge is -2.35. The molecule has 0 radical (unpaired) electrons. The minimum atomic E-state index is -6.44. The van der Waals surface area contributed by atoms with Crippen LogP contribution in [0.2, 0.25) is 0 Å². The number of alkyl halides is 12. The van der Waals surface area contributed by atoms with E-state index in [0.717, 1.165) is 0 Å². The van der Waals surface area contributed by atoms with Crippen molar-refractivity contribution in [3.05, 3.63) is 47.5 Å². The Hall–Kier alpha value is -2.22. The van der Waals surface area contributed by atoms with Gasteiger partial charge in [-0.25, -0.2) is 0 Å². The van der Waals surface area contributed by atoms with E-state index in [9.17, 15) is 62.9 Å². The van der Waals surface area contributed by atoms with Crippen molar-refractivity contribution in [2.75, 3.05) is 0 Å². The average Bonchev–Trinajstić information content (AvgIpc) is 2.55. The Morgan fingerprint density at radius 1 is 0.433 bits per heavy atom. The number of rotatable bonds is 2. The van der Waals surface area contributed by atoms with Crippen LogP contribution in [0.3, 0.4) is 0 Å². The van der Waals surface area contributed by atoms with Gasteiger partial charge in [0.05, 0.1) is 0 Å². The Kier molecular flexibility index (Phi) is 5.32. The average molecular weight is 460 g/mol. The first-order valence-corrected chi connectivity index (χ1v) is 7.45. The number of halogens is 12. The van der Waals surface area contributed by atoms with Gasteiger partial charge in [-0.2, -0.15) is 52.7 Å². The lowest BCUT2D eigenvalue weighted by Crippen LogP contribution is -2.54. The standard InChI is InChI=1S/C16H8F12O2/c17-13(18,19)11(29,14(20,21)22)9-5-1-3-7-8(9)4-2-6-10(7)12(30,15(23,24)25)16(26,27)28/h1-6,29-30H. The first-order valence-electron chi connectivity index (χ1n) is 7.45. The highest BCUT2D eigenvalue weighted by Gasteiger charge is 2.73. The molecule has 0 unspecified atom stereocenters. The first-order chi connectivity index (χ1) is 13.2. The largest absolute Gasteiger partial charge is 0.430 e. The summed E-state index contributed by atoms with van der Waals surface area (Å²) in [5.74, 6) is 0. The molecule has 0 atom stereocenters. The molecule has 14 heteroatoms. The van der Waals surface area contributed by atoms with E-state index < -0.39 is 57.8 Å². The molecule has 0 bridgehead atoms. The molecule has 2 aromatic rings. The fourth-order valence-corrected chi connectivity index (χ4v) is 2.87. The summed E-state index contributed by atoms with van der Waals surface area (Å²) in [4.78, 5) is 0. The van der Waals surface area contributed by atoms with Gasteiger partial charge in [0.2, 0.25) is 0 Å². The van der Waals surface area contributed by atoms with Crippen LogP contribution in [0.15, 0.2) is 36.4 Å². The SMILES string of the molecule is OC(c1cccc2c(C(O)(C(F)(F)F)C(F)(F)F)cccc12)(C(F)(F)F)C(F)(F)F. The Morgan fingerprint density at radius 3 is 0.867 bits per heavy atom. The smallest absolute Gasteiger partial charge is 0.369 e. The molecule has 0 saturated heterocycles. The predicted octanol–water partition coefficient (Wildman–Crippen LogP) is 5.46. The second-order valence-electron chi connectivity index (χ2n) is 6.12. The Bertz CT molecular complexity index is 831. The molecule has 0 aliphatic carbocycles. The summed E-state index contributed by atoms with van der Waals surface area (Å²) in [6.45, 7) is 0. The molecule has 0 saturated carbocycles. The van der Waals surface area contributed by atoms with E-state index in [-0.39, 0.29) is 24.3 Å². The third-order valence-electron chi connectivity index (χ3n) is 4.34. The van der Waals surface area contributed by atoms with E-state index in [0.29, 0.717) is 12.1 Å². The molecule has 0 aliphatic rings. The molecule has 2 nitrogen and oxygen atoms in total. The van der Waals surface area contributed by atoms with Crippen LogP contribution < -0.4 is 0 Å². The third-order valence-corrected chi connectivity index (χ3v) is 4.34. The van der Waals surface area contributed by atoms with E-state index in [4.69, 9.17) is 0 Å². The van der Waals surface area contributed by atoms with Crippen molar-refractivity contribution in [3.8, 4) is 0 Å². The van der Waals surface area contributed by atoms with Crippen molar-refractivity contribution in [1.82, 2.24) is 0 Å². The lowest BCUT2D eigenvalue weighted by molar-refractivity contribution is -0.376. The van der Waals surface area contributed by atoms with Crippen molar-refractivity contribution < 1.29 is 62.9 Å². The molecule has 0 spiro atoms. The maximum absolute atomic E-state index is 13.1. The number of benzene rings is 2. The van der Waals surface area contributed by atoms with Gasteiger partial charge >= 0.3 is 24.7 Å². The Balaban J connectivity index is 3.03. The predicted molar refractivity (Wildman–Crippen MR) is 76.0 cm³/mol. The van der Waals surface area contributed by atoms with E-state index in [1.54, 1.807) is 0 Å². The summed E-state index contributed by atoms with van der Waals surface area (Å²) in [5, 5.41) is 16.2. The molecular formula is C16H8F12O2. The molecule has 0 heterocycles. The van der Waals surface area contributed by atoms with Crippen molar-refractivity contribution >= 4 is 10.8 Å². The molecule has 2 rings (SSSR count). The molecule has 0 aromatic heterocycles. The van der Waals surface area contributed by atoms with Crippen LogP contribution in [0.5, 0.6) is 0 Å². The van der Waals surface area contributed by atoms with Crippen LogP contribution >= 0.6 is 0 Å². The van der Waals surface area contributed by atoms with E-state index in [2.05, 4.69) is 0 Å². The quantitative estimate of drug-likeness (QED) is 0.585. The second kappa shape index (κ2) is 6.64. The first kappa shape index (κ1) is 24.1. The lowest BCUT2D eigenvalue weighted by atomic mass is 9.83. The van der Waals surface area contributed by atoms with Crippen LogP contribution in [-0.4, -0.2) is 34.9 Å². The Labute approximate surface area is 158 Å². The van der Waals surface area contributed by atoms with Crippen LogP contribution in [-0.2, 0) is 11.2 Å². The highest BCUT2D eigenvalue weighted by Crippen LogP contribution is 2.54. The van der Waals surface area contributed by atoms with E-state index in [1.165, 1.54) is 0 Å². The maximum atomic E-state index is 13.1. The van der Waals surface area contributed by atoms with Crippen molar-refractivity contribution in [2.45, 2.75) is 35.9 Å². The summed E-state index contributed by atoms with van der Waals surface area (Å²) in [6, 6.07) is 1.38. The minimum Gasteiger partial charge on any atom is -0.369 e. The topological polar surface area (TPSA) is 40.5 Å². The summed E-state index contributed by atoms with van der Waals surface area (Å²) in [5.41, 5.74) is -15.4. The normalized spacial score (nSPS) is 15.0. The maximum Gasteiger partial charge on any atom is 0.430 e. The van der Waals surface area contributed by atoms with E-state index in [1.807, 2.05) is 0 Å². The zero-order valence-electron chi connectivity index (χ0n) is 13.9. The number of fused-ring (bicyclic) bond motifs is 1. The van der Waals surface area contributed by atoms with Gasteiger partial charge in [-0.05, 0) is 10.8 Å². The van der Waals surface area contributed by atoms with Gasteiger partial charge in [0.25, 0.3) is 11.2 Å². The van der Waals surface area contributed by atoms with Crippen molar-refractivity contribution in [1.29, 1.82) is 0 Å². The van der Waals surface area contributed by atoms with Gasteiger partial charge in [0.15, 0.2) is 0 Å². The fourth-order valence-electron chi connectivity index (χ4n) is 2.87. The highest BCUT2D eigenvalue weighted by atomic mass is 19.4. The van der Waals surface area contributed by atoms with Crippen LogP contribution in [0.25, 0.3) is 10.8 Å². The van der Waals surface area contributed by atoms with Gasteiger partial charge in [-0.1, -0.05) is 36.4 Å². The molecule has 0 aliphatic heterocycles. The molecule has 30 heavy (non-hydrogen) atoms. The van der Waals surface area contributed by atoms with Crippen molar-refractivity contribution in [3.63, 3.8) is 0 Å². The van der Waals surface area contributed by atoms with Gasteiger partial charge in [-0.3, -0.25) is 0 Å². The van der Waals surface area contributed by atoms with Gasteiger partial charge in [-0.15, -0.1) is 0 Å².